The second-order valence-electron chi connectivity index (χ2n) is 11.5. The van der Waals surface area contributed by atoms with E-state index in [0.29, 0.717) is 23.4 Å². The van der Waals surface area contributed by atoms with Gasteiger partial charge in [0, 0.05) is 43.8 Å². The van der Waals surface area contributed by atoms with E-state index in [2.05, 4.69) is 9.97 Å². The maximum Gasteiger partial charge on any atom is 0.335 e. The Morgan fingerprint density at radius 3 is 2.50 bits per heavy atom. The third kappa shape index (κ3) is 5.63. The first-order valence-electron chi connectivity index (χ1n) is 14.2. The van der Waals surface area contributed by atoms with Crippen molar-refractivity contribution in [1.82, 2.24) is 19.4 Å². The van der Waals surface area contributed by atoms with Crippen LogP contribution in [0.4, 0.5) is 13.2 Å². The van der Waals surface area contributed by atoms with Crippen LogP contribution in [0.2, 0.25) is 0 Å². The zero-order valence-corrected chi connectivity index (χ0v) is 24.7. The monoisotopic (exact) mass is 625 g/mol. The molecule has 0 bridgehead atoms. The van der Waals surface area contributed by atoms with Crippen molar-refractivity contribution in [3.8, 4) is 23.2 Å². The van der Waals surface area contributed by atoms with E-state index in [4.69, 9.17) is 10.00 Å². The number of ether oxygens (including phenoxy) is 1. The fourth-order valence-corrected chi connectivity index (χ4v) is 5.74. The van der Waals surface area contributed by atoms with Gasteiger partial charge in [-0.25, -0.2) is 27.9 Å². The molecule has 0 spiro atoms. The Morgan fingerprint density at radius 2 is 1.80 bits per heavy atom. The number of halogens is 3. The number of hydrogen-bond donors (Lipinski definition) is 1. The quantitative estimate of drug-likeness (QED) is 0.208. The van der Waals surface area contributed by atoms with Gasteiger partial charge in [0.05, 0.1) is 39.3 Å². The van der Waals surface area contributed by atoms with Crippen molar-refractivity contribution in [3.05, 3.63) is 112 Å². The molecule has 1 aliphatic heterocycles. The Kier molecular flexibility index (Phi) is 7.69. The molecule has 5 aromatic rings. The summed E-state index contributed by atoms with van der Waals surface area (Å²) in [7, 11) is 1.69. The number of amides is 1. The number of carbonyl (C=O) groups excluding carboxylic acids is 1. The van der Waals surface area contributed by atoms with Crippen molar-refractivity contribution < 1.29 is 32.6 Å². The number of benzene rings is 3. The number of imidazole rings is 1. The van der Waals surface area contributed by atoms with Crippen molar-refractivity contribution in [1.29, 1.82) is 5.26 Å². The van der Waals surface area contributed by atoms with Gasteiger partial charge in [-0.05, 0) is 61.0 Å². The summed E-state index contributed by atoms with van der Waals surface area (Å²) in [5.74, 6) is -2.90. The molecule has 6 rings (SSSR count). The minimum atomic E-state index is -1.13. The van der Waals surface area contributed by atoms with Gasteiger partial charge in [0.15, 0.2) is 0 Å². The number of rotatable bonds is 9. The number of pyridine rings is 1. The van der Waals surface area contributed by atoms with Crippen molar-refractivity contribution in [2.24, 2.45) is 5.41 Å². The van der Waals surface area contributed by atoms with Crippen LogP contribution >= 0.6 is 0 Å². The highest BCUT2D eigenvalue weighted by atomic mass is 19.1. The molecule has 232 valence electrons. The standard InChI is InChI=1S/C34H26F3N5O4/c1-34(17-41(2)33(34)45)18-42-29-12-20(32(43)44)8-9-28(29)39-30(42)13-22-11-26(37)23(14-25(22)36)27-4-3-5-31(40-27)46-16-21-7-6-19(15-38)10-24(21)35/h3-12,14H,13,16-18H2,1-2H3,(H,43,44)/t34-/m0/s1. The van der Waals surface area contributed by atoms with Gasteiger partial charge >= 0.3 is 5.97 Å². The second kappa shape index (κ2) is 11.7. The number of hydrogen-bond acceptors (Lipinski definition) is 6. The van der Waals surface area contributed by atoms with E-state index in [-0.39, 0.29) is 64.9 Å². The Balaban J connectivity index is 1.29. The Labute approximate surface area is 261 Å². The third-order valence-corrected chi connectivity index (χ3v) is 8.07. The van der Waals surface area contributed by atoms with E-state index in [1.807, 2.05) is 6.07 Å². The Morgan fingerprint density at radius 1 is 1.02 bits per heavy atom. The first kappa shape index (κ1) is 30.3. The summed E-state index contributed by atoms with van der Waals surface area (Å²) in [6, 6.07) is 16.9. The topological polar surface area (TPSA) is 121 Å². The predicted octanol–water partition coefficient (Wildman–Crippen LogP) is 5.73. The van der Waals surface area contributed by atoms with Gasteiger partial charge < -0.3 is 19.3 Å². The summed E-state index contributed by atoms with van der Waals surface area (Å²) in [5, 5.41) is 18.5. The molecule has 1 amide bonds. The number of fused-ring (bicyclic) bond motifs is 1. The van der Waals surface area contributed by atoms with Crippen LogP contribution in [0, 0.1) is 34.2 Å². The predicted molar refractivity (Wildman–Crippen MR) is 160 cm³/mol. The smallest absolute Gasteiger partial charge is 0.335 e. The van der Waals surface area contributed by atoms with Gasteiger partial charge in [0.2, 0.25) is 11.8 Å². The minimum Gasteiger partial charge on any atom is -0.478 e. The SMILES string of the molecule is CN1C[C@@](C)(Cn2c(Cc3cc(F)c(-c4cccc(OCc5ccc(C#N)cc5F)n4)cc3F)nc3ccc(C(=O)O)cc32)C1=O. The molecule has 0 radical (unpaired) electrons. The molecule has 3 aromatic carbocycles. The van der Waals surface area contributed by atoms with Crippen LogP contribution < -0.4 is 4.74 Å². The molecular weight excluding hydrogens is 599 g/mol. The van der Waals surface area contributed by atoms with Crippen LogP contribution in [-0.4, -0.2) is 50.0 Å². The zero-order chi connectivity index (χ0) is 32.7. The van der Waals surface area contributed by atoms with Crippen LogP contribution in [0.1, 0.15) is 39.8 Å². The van der Waals surface area contributed by atoms with Crippen LogP contribution in [0.3, 0.4) is 0 Å². The van der Waals surface area contributed by atoms with E-state index < -0.39 is 28.8 Å². The summed E-state index contributed by atoms with van der Waals surface area (Å²) in [6.07, 6.45) is -0.132. The number of aromatic nitrogens is 3. The maximum atomic E-state index is 15.6. The lowest BCUT2D eigenvalue weighted by atomic mass is 9.81. The lowest BCUT2D eigenvalue weighted by Crippen LogP contribution is -2.59. The zero-order valence-electron chi connectivity index (χ0n) is 24.7. The molecule has 12 heteroatoms. The molecule has 1 atom stereocenters. The van der Waals surface area contributed by atoms with Gasteiger partial charge in [-0.1, -0.05) is 12.1 Å². The Hall–Kier alpha value is -5.70. The third-order valence-electron chi connectivity index (χ3n) is 8.07. The highest BCUT2D eigenvalue weighted by Gasteiger charge is 2.47. The van der Waals surface area contributed by atoms with E-state index in [9.17, 15) is 19.1 Å². The van der Waals surface area contributed by atoms with Crippen molar-refractivity contribution in [3.63, 3.8) is 0 Å². The largest absolute Gasteiger partial charge is 0.478 e. The van der Waals surface area contributed by atoms with Crippen LogP contribution in [0.25, 0.3) is 22.3 Å². The summed E-state index contributed by atoms with van der Waals surface area (Å²) in [4.78, 5) is 34.8. The number of β-lactam (4-membered cyclic amide) rings is 1. The molecular formula is C34H26F3N5O4. The van der Waals surface area contributed by atoms with Gasteiger partial charge in [-0.15, -0.1) is 0 Å². The van der Waals surface area contributed by atoms with Gasteiger partial charge in [0.25, 0.3) is 0 Å². The molecule has 0 unspecified atom stereocenters. The molecule has 2 aromatic heterocycles. The van der Waals surface area contributed by atoms with E-state index >= 15 is 8.78 Å². The van der Waals surface area contributed by atoms with Crippen LogP contribution in [0.5, 0.6) is 5.88 Å². The number of carbonyl (C=O) groups is 2. The number of aromatic carboxylic acids is 1. The highest BCUT2D eigenvalue weighted by molar-refractivity contribution is 5.93. The molecule has 1 aliphatic rings. The average molecular weight is 626 g/mol. The molecule has 1 saturated heterocycles. The number of carboxylic acids is 1. The number of carboxylic acid groups (broad SMARTS) is 1. The molecule has 0 saturated carbocycles. The summed E-state index contributed by atoms with van der Waals surface area (Å²) in [6.45, 7) is 2.25. The summed E-state index contributed by atoms with van der Waals surface area (Å²) in [5.41, 5.74) is 0.534. The highest BCUT2D eigenvalue weighted by Crippen LogP contribution is 2.35. The van der Waals surface area contributed by atoms with E-state index in [0.717, 1.165) is 18.2 Å². The molecule has 0 aliphatic carbocycles. The summed E-state index contributed by atoms with van der Waals surface area (Å²) < 4.78 is 52.7. The second-order valence-corrected chi connectivity index (χ2v) is 11.5. The van der Waals surface area contributed by atoms with Crippen molar-refractivity contribution >= 4 is 22.9 Å². The minimum absolute atomic E-state index is 0.00201. The molecule has 3 heterocycles. The first-order valence-corrected chi connectivity index (χ1v) is 14.2. The lowest BCUT2D eigenvalue weighted by molar-refractivity contribution is -0.157. The Bertz CT molecular complexity index is 2090. The number of nitrogens with zero attached hydrogens (tertiary/aromatic N) is 5. The molecule has 46 heavy (non-hydrogen) atoms. The van der Waals surface area contributed by atoms with Crippen LogP contribution in [-0.2, 0) is 24.4 Å². The summed E-state index contributed by atoms with van der Waals surface area (Å²) >= 11 is 0. The fourth-order valence-electron chi connectivity index (χ4n) is 5.74. The number of likely N-dealkylation sites (tertiary alicyclic amines) is 1. The fraction of sp³-hybridized carbons (Fsp3) is 0.206. The van der Waals surface area contributed by atoms with Crippen molar-refractivity contribution in [2.75, 3.05) is 13.6 Å². The van der Waals surface area contributed by atoms with E-state index in [1.54, 1.807) is 35.6 Å². The average Bonchev–Trinajstić information content (AvgIpc) is 3.37. The molecule has 1 fully saturated rings. The van der Waals surface area contributed by atoms with Gasteiger partial charge in [0.1, 0.15) is 29.9 Å². The van der Waals surface area contributed by atoms with Gasteiger partial charge in [-0.2, -0.15) is 5.26 Å². The normalized spacial score (nSPS) is 15.9. The molecule has 1 N–H and O–H groups in total. The van der Waals surface area contributed by atoms with Gasteiger partial charge in [-0.3, -0.25) is 4.79 Å². The van der Waals surface area contributed by atoms with Crippen LogP contribution in [0.15, 0.2) is 66.7 Å². The first-order chi connectivity index (χ1) is 22.0. The lowest BCUT2D eigenvalue weighted by Gasteiger charge is -2.45. The number of nitriles is 1. The molecule has 9 nitrogen and oxygen atoms in total. The maximum absolute atomic E-state index is 15.6. The van der Waals surface area contributed by atoms with E-state index in [1.165, 1.54) is 36.4 Å². The van der Waals surface area contributed by atoms with Crippen molar-refractivity contribution in [2.45, 2.75) is 26.5 Å².